The molecular formula is C49H27N3O2. The third-order valence-corrected chi connectivity index (χ3v) is 11.1. The Balaban J connectivity index is 1.03. The van der Waals surface area contributed by atoms with Gasteiger partial charge in [0.1, 0.15) is 22.3 Å². The minimum atomic E-state index is 0.603. The van der Waals surface area contributed by atoms with Crippen molar-refractivity contribution in [3.63, 3.8) is 0 Å². The number of fused-ring (bicyclic) bond motifs is 12. The van der Waals surface area contributed by atoms with Crippen molar-refractivity contribution < 1.29 is 8.83 Å². The van der Waals surface area contributed by atoms with Crippen molar-refractivity contribution in [3.05, 3.63) is 169 Å². The first kappa shape index (κ1) is 29.1. The molecule has 12 rings (SSSR count). The molecular weight excluding hydrogens is 663 g/mol. The normalized spacial score (nSPS) is 12.1. The van der Waals surface area contributed by atoms with Crippen molar-refractivity contribution in [2.45, 2.75) is 0 Å². The van der Waals surface area contributed by atoms with E-state index in [2.05, 4.69) is 137 Å². The monoisotopic (exact) mass is 689 g/mol. The molecule has 0 radical (unpaired) electrons. The van der Waals surface area contributed by atoms with Crippen molar-refractivity contribution >= 4 is 87.5 Å². The maximum absolute atomic E-state index is 10.3. The van der Waals surface area contributed by atoms with Gasteiger partial charge in [-0.3, -0.25) is 0 Å². The first-order valence-electron chi connectivity index (χ1n) is 18.1. The Morgan fingerprint density at radius 2 is 0.852 bits per heavy atom. The van der Waals surface area contributed by atoms with Gasteiger partial charge in [0.15, 0.2) is 0 Å². The van der Waals surface area contributed by atoms with Crippen LogP contribution in [-0.2, 0) is 0 Å². The molecule has 0 atom stereocenters. The number of aromatic nitrogens is 2. The van der Waals surface area contributed by atoms with Crippen molar-refractivity contribution in [2.75, 3.05) is 0 Å². The second-order valence-electron chi connectivity index (χ2n) is 14.1. The molecule has 12 aromatic rings. The summed E-state index contributed by atoms with van der Waals surface area (Å²) in [5.74, 6) is 0. The number of benzene rings is 8. The van der Waals surface area contributed by atoms with Crippen LogP contribution in [0.15, 0.2) is 173 Å². The molecule has 0 amide bonds. The predicted molar refractivity (Wildman–Crippen MR) is 220 cm³/mol. The Hall–Kier alpha value is -7.55. The second kappa shape index (κ2) is 10.7. The van der Waals surface area contributed by atoms with Crippen molar-refractivity contribution in [1.82, 2.24) is 9.13 Å². The van der Waals surface area contributed by atoms with Gasteiger partial charge >= 0.3 is 0 Å². The molecule has 0 bridgehead atoms. The summed E-state index contributed by atoms with van der Waals surface area (Å²) in [4.78, 5) is 0. The Labute approximate surface area is 307 Å². The van der Waals surface area contributed by atoms with E-state index >= 15 is 0 Å². The Bertz CT molecular complexity index is 3570. The Morgan fingerprint density at radius 3 is 1.41 bits per heavy atom. The van der Waals surface area contributed by atoms with Gasteiger partial charge in [-0.25, -0.2) is 0 Å². The molecule has 0 saturated carbocycles. The summed E-state index contributed by atoms with van der Waals surface area (Å²) >= 11 is 0. The van der Waals surface area contributed by atoms with Gasteiger partial charge in [0.05, 0.1) is 33.7 Å². The summed E-state index contributed by atoms with van der Waals surface area (Å²) in [6.07, 6.45) is 0. The van der Waals surface area contributed by atoms with Gasteiger partial charge in [-0.1, -0.05) is 84.9 Å². The lowest BCUT2D eigenvalue weighted by molar-refractivity contribution is 0.669. The second-order valence-corrected chi connectivity index (χ2v) is 14.1. The average molecular weight is 690 g/mol. The smallest absolute Gasteiger partial charge is 0.136 e. The van der Waals surface area contributed by atoms with E-state index in [0.29, 0.717) is 5.56 Å². The van der Waals surface area contributed by atoms with Crippen LogP contribution in [0.4, 0.5) is 0 Å². The molecule has 0 aliphatic carbocycles. The zero-order valence-corrected chi connectivity index (χ0v) is 28.7. The Morgan fingerprint density at radius 1 is 0.352 bits per heavy atom. The summed E-state index contributed by atoms with van der Waals surface area (Å²) in [5.41, 5.74) is 12.5. The van der Waals surface area contributed by atoms with Gasteiger partial charge in [-0.15, -0.1) is 0 Å². The molecule has 0 aliphatic rings. The van der Waals surface area contributed by atoms with Crippen LogP contribution < -0.4 is 0 Å². The van der Waals surface area contributed by atoms with E-state index in [9.17, 15) is 5.26 Å². The van der Waals surface area contributed by atoms with Crippen LogP contribution in [0.25, 0.3) is 110 Å². The molecule has 0 fully saturated rings. The van der Waals surface area contributed by atoms with Crippen molar-refractivity contribution in [3.8, 4) is 28.6 Å². The minimum Gasteiger partial charge on any atom is -0.456 e. The highest BCUT2D eigenvalue weighted by atomic mass is 16.3. The average Bonchev–Trinajstić information content (AvgIpc) is 3.96. The minimum absolute atomic E-state index is 0.603. The highest BCUT2D eigenvalue weighted by molar-refractivity contribution is 6.18. The molecule has 4 aromatic heterocycles. The standard InChI is InChI=1S/C49H27N3O2/c50-28-29-21-31(23-33(22-29)52-43-14-6-2-10-35(43)39-27-49-41(25-45(39)52)37-12-4-8-16-47(37)54-49)30-17-19-32(20-18-30)51-42-13-5-1-9-34(42)38-26-48-40(24-44(38)51)36-11-3-7-15-46(36)53-48/h1-27H. The number of hydrogen-bond donors (Lipinski definition) is 0. The van der Waals surface area contributed by atoms with Gasteiger partial charge in [-0.05, 0) is 90.0 Å². The first-order valence-corrected chi connectivity index (χ1v) is 18.1. The summed E-state index contributed by atoms with van der Waals surface area (Å²) in [6, 6.07) is 59.5. The van der Waals surface area contributed by atoms with Crippen LogP contribution in [0.5, 0.6) is 0 Å². The lowest BCUT2D eigenvalue weighted by Gasteiger charge is -2.13. The molecule has 0 N–H and O–H groups in total. The van der Waals surface area contributed by atoms with E-state index in [0.717, 1.165) is 105 Å². The fourth-order valence-electron chi connectivity index (χ4n) is 8.70. The van der Waals surface area contributed by atoms with Crippen LogP contribution in [0.3, 0.4) is 0 Å². The molecule has 0 saturated heterocycles. The highest BCUT2D eigenvalue weighted by Crippen LogP contribution is 2.41. The Kier molecular flexibility index (Phi) is 5.78. The van der Waals surface area contributed by atoms with Crippen LogP contribution in [0.2, 0.25) is 0 Å². The maximum Gasteiger partial charge on any atom is 0.136 e. The molecule has 54 heavy (non-hydrogen) atoms. The molecule has 5 nitrogen and oxygen atoms in total. The fraction of sp³-hybridized carbons (Fsp3) is 0. The number of hydrogen-bond acceptors (Lipinski definition) is 3. The fourth-order valence-corrected chi connectivity index (χ4v) is 8.70. The molecule has 250 valence electrons. The maximum atomic E-state index is 10.3. The van der Waals surface area contributed by atoms with Gasteiger partial charge in [0.2, 0.25) is 0 Å². The zero-order valence-electron chi connectivity index (χ0n) is 28.7. The quantitative estimate of drug-likeness (QED) is 0.185. The van der Waals surface area contributed by atoms with E-state index in [1.165, 1.54) is 5.39 Å². The van der Waals surface area contributed by atoms with Crippen LogP contribution >= 0.6 is 0 Å². The van der Waals surface area contributed by atoms with Gasteiger partial charge in [0.25, 0.3) is 0 Å². The van der Waals surface area contributed by atoms with E-state index in [-0.39, 0.29) is 0 Å². The van der Waals surface area contributed by atoms with Gasteiger partial charge in [0, 0.05) is 54.5 Å². The molecule has 0 unspecified atom stereocenters. The summed E-state index contributed by atoms with van der Waals surface area (Å²) < 4.78 is 17.2. The number of nitrogens with zero attached hydrogens (tertiary/aromatic N) is 3. The lowest BCUT2D eigenvalue weighted by atomic mass is 10.0. The predicted octanol–water partition coefficient (Wildman–Crippen LogP) is 13.2. The molecule has 5 heteroatoms. The first-order chi connectivity index (χ1) is 26.7. The molecule has 4 heterocycles. The number of nitriles is 1. The number of furan rings is 2. The largest absolute Gasteiger partial charge is 0.456 e. The van der Waals surface area contributed by atoms with Crippen molar-refractivity contribution in [2.24, 2.45) is 0 Å². The van der Waals surface area contributed by atoms with Gasteiger partial charge in [-0.2, -0.15) is 5.26 Å². The summed E-state index contributed by atoms with van der Waals surface area (Å²) in [5, 5.41) is 19.2. The lowest BCUT2D eigenvalue weighted by Crippen LogP contribution is -1.96. The third kappa shape index (κ3) is 4.02. The molecule has 0 spiro atoms. The summed E-state index contributed by atoms with van der Waals surface area (Å²) in [7, 11) is 0. The summed E-state index contributed by atoms with van der Waals surface area (Å²) in [6.45, 7) is 0. The molecule has 8 aromatic carbocycles. The van der Waals surface area contributed by atoms with E-state index in [1.807, 2.05) is 42.5 Å². The van der Waals surface area contributed by atoms with Crippen molar-refractivity contribution in [1.29, 1.82) is 5.26 Å². The topological polar surface area (TPSA) is 59.9 Å². The van der Waals surface area contributed by atoms with E-state index in [1.54, 1.807) is 0 Å². The molecule has 0 aliphatic heterocycles. The number of rotatable bonds is 3. The highest BCUT2D eigenvalue weighted by Gasteiger charge is 2.19. The van der Waals surface area contributed by atoms with Crippen LogP contribution in [0.1, 0.15) is 5.56 Å². The zero-order chi connectivity index (χ0) is 35.5. The van der Waals surface area contributed by atoms with Gasteiger partial charge < -0.3 is 18.0 Å². The van der Waals surface area contributed by atoms with E-state index < -0.39 is 0 Å². The number of para-hydroxylation sites is 4. The SMILES string of the molecule is N#Cc1cc(-c2ccc(-n3c4ccccc4c4cc5oc6ccccc6c5cc43)cc2)cc(-n2c3ccccc3c3cc4oc5ccccc5c4cc32)c1. The van der Waals surface area contributed by atoms with Crippen LogP contribution in [0, 0.1) is 11.3 Å². The van der Waals surface area contributed by atoms with E-state index in [4.69, 9.17) is 8.83 Å². The van der Waals surface area contributed by atoms with Crippen LogP contribution in [-0.4, -0.2) is 9.13 Å². The third-order valence-electron chi connectivity index (χ3n) is 11.1.